The van der Waals surface area contributed by atoms with Gasteiger partial charge in [0.05, 0.1) is 22.9 Å². The number of rotatable bonds is 4. The first-order chi connectivity index (χ1) is 8.52. The second-order valence-corrected chi connectivity index (χ2v) is 5.02. The molecule has 0 aromatic heterocycles. The van der Waals surface area contributed by atoms with Crippen LogP contribution < -0.4 is 11.1 Å². The summed E-state index contributed by atoms with van der Waals surface area (Å²) in [7, 11) is 0. The topological polar surface area (TPSA) is 64.3 Å². The smallest absolute Gasteiger partial charge is 0.340 e. The summed E-state index contributed by atoms with van der Waals surface area (Å²) < 4.78 is 5.01. The second kappa shape index (κ2) is 5.06. The van der Waals surface area contributed by atoms with Crippen molar-refractivity contribution in [1.29, 1.82) is 0 Å². The van der Waals surface area contributed by atoms with Crippen molar-refractivity contribution in [2.45, 2.75) is 26.3 Å². The van der Waals surface area contributed by atoms with Gasteiger partial charge in [-0.2, -0.15) is 0 Å². The number of nitrogens with one attached hydrogen (secondary N) is 1. The minimum Gasteiger partial charge on any atom is -0.462 e. The van der Waals surface area contributed by atoms with Gasteiger partial charge in [0.25, 0.3) is 0 Å². The maximum absolute atomic E-state index is 11.9. The SMILES string of the molecule is CCOC(=O)c1cc(N)cc(Cl)c1NC1CC1C. The van der Waals surface area contributed by atoms with Gasteiger partial charge < -0.3 is 15.8 Å². The third kappa shape index (κ3) is 2.70. The van der Waals surface area contributed by atoms with Gasteiger partial charge in [-0.1, -0.05) is 18.5 Å². The summed E-state index contributed by atoms with van der Waals surface area (Å²) in [5.74, 6) is 0.205. The van der Waals surface area contributed by atoms with Crippen LogP contribution in [0.15, 0.2) is 12.1 Å². The van der Waals surface area contributed by atoms with E-state index in [2.05, 4.69) is 12.2 Å². The van der Waals surface area contributed by atoms with E-state index >= 15 is 0 Å². The Kier molecular flexibility index (Phi) is 3.66. The van der Waals surface area contributed by atoms with Gasteiger partial charge in [-0.05, 0) is 31.4 Å². The summed E-state index contributed by atoms with van der Waals surface area (Å²) in [6, 6.07) is 3.61. The Morgan fingerprint density at radius 1 is 1.61 bits per heavy atom. The van der Waals surface area contributed by atoms with Gasteiger partial charge in [0.2, 0.25) is 0 Å². The lowest BCUT2D eigenvalue weighted by molar-refractivity contribution is 0.0527. The maximum Gasteiger partial charge on any atom is 0.340 e. The molecule has 0 spiro atoms. The van der Waals surface area contributed by atoms with Crippen LogP contribution in [0.5, 0.6) is 0 Å². The zero-order valence-electron chi connectivity index (χ0n) is 10.5. The molecule has 2 unspecified atom stereocenters. The number of hydrogen-bond donors (Lipinski definition) is 2. The van der Waals surface area contributed by atoms with Crippen molar-refractivity contribution in [1.82, 2.24) is 0 Å². The molecule has 0 aliphatic heterocycles. The first-order valence-corrected chi connectivity index (χ1v) is 6.43. The van der Waals surface area contributed by atoms with Gasteiger partial charge in [0.15, 0.2) is 0 Å². The van der Waals surface area contributed by atoms with Crippen LogP contribution in [0.1, 0.15) is 30.6 Å². The van der Waals surface area contributed by atoms with Crippen molar-refractivity contribution in [2.75, 3.05) is 17.7 Å². The normalized spacial score (nSPS) is 21.5. The zero-order valence-corrected chi connectivity index (χ0v) is 11.3. The van der Waals surface area contributed by atoms with Crippen molar-refractivity contribution in [2.24, 2.45) is 5.92 Å². The summed E-state index contributed by atoms with van der Waals surface area (Å²) in [5.41, 5.74) is 7.20. The highest BCUT2D eigenvalue weighted by atomic mass is 35.5. The Morgan fingerprint density at radius 3 is 2.83 bits per heavy atom. The van der Waals surface area contributed by atoms with Gasteiger partial charge in [0.1, 0.15) is 0 Å². The van der Waals surface area contributed by atoms with Gasteiger partial charge in [0, 0.05) is 11.7 Å². The fourth-order valence-electron chi connectivity index (χ4n) is 1.85. The molecule has 0 amide bonds. The Bertz CT molecular complexity index is 476. The van der Waals surface area contributed by atoms with Gasteiger partial charge >= 0.3 is 5.97 Å². The maximum atomic E-state index is 11.9. The van der Waals surface area contributed by atoms with Gasteiger partial charge in [-0.15, -0.1) is 0 Å². The van der Waals surface area contributed by atoms with E-state index in [9.17, 15) is 4.79 Å². The molecule has 0 bridgehead atoms. The van der Waals surface area contributed by atoms with Crippen LogP contribution in [0, 0.1) is 5.92 Å². The van der Waals surface area contributed by atoms with E-state index in [4.69, 9.17) is 22.1 Å². The average Bonchev–Trinajstić information content (AvgIpc) is 2.98. The molecule has 0 radical (unpaired) electrons. The quantitative estimate of drug-likeness (QED) is 0.651. The Morgan fingerprint density at radius 2 is 2.28 bits per heavy atom. The Labute approximate surface area is 111 Å². The fraction of sp³-hybridized carbons (Fsp3) is 0.462. The molecular formula is C13H17ClN2O2. The van der Waals surface area contributed by atoms with Crippen LogP contribution in [0.2, 0.25) is 5.02 Å². The van der Waals surface area contributed by atoms with E-state index in [0.717, 1.165) is 6.42 Å². The number of hydrogen-bond acceptors (Lipinski definition) is 4. The van der Waals surface area contributed by atoms with Crippen LogP contribution >= 0.6 is 11.6 Å². The van der Waals surface area contributed by atoms with E-state index < -0.39 is 5.97 Å². The number of carbonyl (C=O) groups excluding carboxylic acids is 1. The first-order valence-electron chi connectivity index (χ1n) is 6.05. The molecule has 4 nitrogen and oxygen atoms in total. The molecule has 1 aliphatic carbocycles. The summed E-state index contributed by atoms with van der Waals surface area (Å²) in [5, 5.41) is 3.74. The van der Waals surface area contributed by atoms with Gasteiger partial charge in [-0.25, -0.2) is 4.79 Å². The zero-order chi connectivity index (χ0) is 13.3. The average molecular weight is 269 g/mol. The molecule has 18 heavy (non-hydrogen) atoms. The number of ether oxygens (including phenoxy) is 1. The molecule has 5 heteroatoms. The van der Waals surface area contributed by atoms with Crippen molar-refractivity contribution in [3.05, 3.63) is 22.7 Å². The van der Waals surface area contributed by atoms with E-state index in [1.807, 2.05) is 0 Å². The molecule has 1 saturated carbocycles. The highest BCUT2D eigenvalue weighted by molar-refractivity contribution is 6.34. The minimum absolute atomic E-state index is 0.324. The van der Waals surface area contributed by atoms with Crippen LogP contribution in [-0.4, -0.2) is 18.6 Å². The van der Waals surface area contributed by atoms with E-state index in [0.29, 0.717) is 40.5 Å². The molecule has 2 atom stereocenters. The number of halogens is 1. The van der Waals surface area contributed by atoms with Crippen LogP contribution in [-0.2, 0) is 4.74 Å². The summed E-state index contributed by atoms with van der Waals surface area (Å²) >= 11 is 6.15. The van der Waals surface area contributed by atoms with Crippen molar-refractivity contribution in [3.8, 4) is 0 Å². The molecule has 0 saturated heterocycles. The van der Waals surface area contributed by atoms with Gasteiger partial charge in [-0.3, -0.25) is 0 Å². The standard InChI is InChI=1S/C13H17ClN2O2/c1-3-18-13(17)9-5-8(15)6-10(14)12(9)16-11-4-7(11)2/h5-7,11,16H,3-4,15H2,1-2H3. The molecule has 0 heterocycles. The van der Waals surface area contributed by atoms with E-state index in [-0.39, 0.29) is 0 Å². The monoisotopic (exact) mass is 268 g/mol. The number of carbonyl (C=O) groups is 1. The van der Waals surface area contributed by atoms with Crippen LogP contribution in [0.4, 0.5) is 11.4 Å². The highest BCUT2D eigenvalue weighted by Crippen LogP contribution is 2.37. The summed E-state index contributed by atoms with van der Waals surface area (Å²) in [4.78, 5) is 11.9. The second-order valence-electron chi connectivity index (χ2n) is 4.61. The number of anilines is 2. The fourth-order valence-corrected chi connectivity index (χ4v) is 2.14. The lowest BCUT2D eigenvalue weighted by Gasteiger charge is -2.13. The Hall–Kier alpha value is -1.42. The minimum atomic E-state index is -0.400. The van der Waals surface area contributed by atoms with E-state index in [1.54, 1.807) is 19.1 Å². The molecule has 1 aromatic carbocycles. The van der Waals surface area contributed by atoms with Crippen molar-refractivity contribution in [3.63, 3.8) is 0 Å². The lowest BCUT2D eigenvalue weighted by Crippen LogP contribution is -2.13. The molecule has 1 aromatic rings. The number of benzene rings is 1. The predicted molar refractivity (Wildman–Crippen MR) is 73.0 cm³/mol. The molecular weight excluding hydrogens is 252 g/mol. The number of esters is 1. The van der Waals surface area contributed by atoms with Crippen molar-refractivity contribution < 1.29 is 9.53 Å². The largest absolute Gasteiger partial charge is 0.462 e. The van der Waals surface area contributed by atoms with Crippen LogP contribution in [0.3, 0.4) is 0 Å². The lowest BCUT2D eigenvalue weighted by atomic mass is 10.1. The third-order valence-electron chi connectivity index (χ3n) is 3.05. The van der Waals surface area contributed by atoms with E-state index in [1.165, 1.54) is 0 Å². The third-order valence-corrected chi connectivity index (χ3v) is 3.35. The molecule has 3 N–H and O–H groups in total. The van der Waals surface area contributed by atoms with Crippen molar-refractivity contribution >= 4 is 28.9 Å². The molecule has 1 fully saturated rings. The van der Waals surface area contributed by atoms with Crippen LogP contribution in [0.25, 0.3) is 0 Å². The summed E-state index contributed by atoms with van der Waals surface area (Å²) in [6.45, 7) is 4.24. The number of nitrogens with two attached hydrogens (primary N) is 1. The molecule has 1 aliphatic rings. The first kappa shape index (κ1) is 13.0. The number of nitrogen functional groups attached to an aromatic ring is 1. The molecule has 2 rings (SSSR count). The Balaban J connectivity index is 2.32. The highest BCUT2D eigenvalue weighted by Gasteiger charge is 2.34. The summed E-state index contributed by atoms with van der Waals surface area (Å²) in [6.07, 6.45) is 1.09. The predicted octanol–water partition coefficient (Wildman–Crippen LogP) is 2.92. The molecule has 98 valence electrons.